The van der Waals surface area contributed by atoms with E-state index in [0.717, 1.165) is 31.1 Å². The van der Waals surface area contributed by atoms with E-state index in [1.165, 1.54) is 12.8 Å². The van der Waals surface area contributed by atoms with Crippen LogP contribution in [0, 0.1) is 0 Å². The van der Waals surface area contributed by atoms with E-state index in [1.807, 2.05) is 22.9 Å². The maximum Gasteiger partial charge on any atom is 0.233 e. The van der Waals surface area contributed by atoms with Crippen molar-refractivity contribution in [1.82, 2.24) is 24.6 Å². The minimum absolute atomic E-state index is 0.179. The van der Waals surface area contributed by atoms with Gasteiger partial charge in [0.15, 0.2) is 0 Å². The molecule has 0 spiro atoms. The lowest BCUT2D eigenvalue weighted by Crippen LogP contribution is -2.38. The Hall–Kier alpha value is -1.50. The van der Waals surface area contributed by atoms with Crippen LogP contribution >= 0.6 is 0 Å². The minimum atomic E-state index is 0.179. The van der Waals surface area contributed by atoms with Crippen molar-refractivity contribution < 1.29 is 5.11 Å². The van der Waals surface area contributed by atoms with Crippen LogP contribution in [-0.2, 0) is 6.54 Å². The van der Waals surface area contributed by atoms with Gasteiger partial charge in [0.25, 0.3) is 0 Å². The zero-order chi connectivity index (χ0) is 13.8. The average molecular weight is 275 g/mol. The lowest BCUT2D eigenvalue weighted by molar-refractivity contribution is 0.178. The molecule has 6 nitrogen and oxygen atoms in total. The molecule has 1 aliphatic heterocycles. The molecule has 0 saturated carbocycles. The van der Waals surface area contributed by atoms with Gasteiger partial charge in [-0.15, -0.1) is 0 Å². The summed E-state index contributed by atoms with van der Waals surface area (Å²) in [5.41, 5.74) is 0.996. The van der Waals surface area contributed by atoms with Gasteiger partial charge in [-0.1, -0.05) is 0 Å². The van der Waals surface area contributed by atoms with Gasteiger partial charge in [0, 0.05) is 44.3 Å². The molecule has 1 atom stereocenters. The third-order valence-corrected chi connectivity index (χ3v) is 3.73. The van der Waals surface area contributed by atoms with Crippen molar-refractivity contribution in [3.8, 4) is 0 Å². The molecular weight excluding hydrogens is 254 g/mol. The van der Waals surface area contributed by atoms with Gasteiger partial charge in [-0.25, -0.2) is 9.97 Å². The van der Waals surface area contributed by atoms with Gasteiger partial charge < -0.3 is 10.4 Å². The third kappa shape index (κ3) is 3.15. The minimum Gasteiger partial charge on any atom is -0.395 e. The molecule has 3 heterocycles. The number of nitrogens with zero attached hydrogens (tertiary/aromatic N) is 4. The fraction of sp³-hybridized carbons (Fsp3) is 0.571. The lowest BCUT2D eigenvalue weighted by Gasteiger charge is -2.23. The molecule has 3 rings (SSSR count). The number of imidazole rings is 1. The number of hydrogen-bond acceptors (Lipinski definition) is 5. The molecule has 108 valence electrons. The Morgan fingerprint density at radius 2 is 2.45 bits per heavy atom. The van der Waals surface area contributed by atoms with E-state index in [4.69, 9.17) is 0 Å². The normalized spacial score (nSPS) is 19.2. The molecule has 1 unspecified atom stereocenters. The molecule has 2 aromatic heterocycles. The number of fused-ring (bicyclic) bond motifs is 1. The predicted molar refractivity (Wildman–Crippen MR) is 76.4 cm³/mol. The van der Waals surface area contributed by atoms with Gasteiger partial charge >= 0.3 is 0 Å². The molecule has 1 aliphatic rings. The molecule has 0 bridgehead atoms. The molecule has 2 N–H and O–H groups in total. The second-order valence-corrected chi connectivity index (χ2v) is 5.31. The number of hydrogen-bond donors (Lipinski definition) is 2. The quantitative estimate of drug-likeness (QED) is 0.792. The summed E-state index contributed by atoms with van der Waals surface area (Å²) >= 11 is 0. The first-order valence-electron chi connectivity index (χ1n) is 7.20. The van der Waals surface area contributed by atoms with Gasteiger partial charge in [0.1, 0.15) is 0 Å². The average Bonchev–Trinajstić information content (AvgIpc) is 3.07. The van der Waals surface area contributed by atoms with Crippen LogP contribution in [0.25, 0.3) is 5.78 Å². The van der Waals surface area contributed by atoms with E-state index >= 15 is 0 Å². The van der Waals surface area contributed by atoms with E-state index in [2.05, 4.69) is 20.2 Å². The first-order chi connectivity index (χ1) is 9.85. The van der Waals surface area contributed by atoms with Crippen LogP contribution < -0.4 is 5.32 Å². The van der Waals surface area contributed by atoms with Crippen LogP contribution in [0.5, 0.6) is 0 Å². The molecule has 0 radical (unpaired) electrons. The Bertz CT molecular complexity index is 516. The van der Waals surface area contributed by atoms with Crippen LogP contribution in [-0.4, -0.2) is 56.7 Å². The number of aromatic nitrogens is 3. The van der Waals surface area contributed by atoms with Gasteiger partial charge in [0.05, 0.1) is 12.3 Å². The Labute approximate surface area is 118 Å². The zero-order valence-electron chi connectivity index (χ0n) is 11.6. The largest absolute Gasteiger partial charge is 0.395 e. The van der Waals surface area contributed by atoms with Crippen LogP contribution in [0.1, 0.15) is 18.5 Å². The molecular formula is C14H21N5O. The highest BCUT2D eigenvalue weighted by molar-refractivity contribution is 5.29. The molecule has 1 fully saturated rings. The summed E-state index contributed by atoms with van der Waals surface area (Å²) in [6.45, 7) is 3.68. The van der Waals surface area contributed by atoms with Crippen LogP contribution in [0.2, 0.25) is 0 Å². The summed E-state index contributed by atoms with van der Waals surface area (Å²) in [4.78, 5) is 11.0. The summed E-state index contributed by atoms with van der Waals surface area (Å²) in [6.07, 6.45) is 8.17. The summed E-state index contributed by atoms with van der Waals surface area (Å²) in [6, 6.07) is 2.43. The topological polar surface area (TPSA) is 65.7 Å². The van der Waals surface area contributed by atoms with Gasteiger partial charge in [-0.05, 0) is 25.5 Å². The monoisotopic (exact) mass is 275 g/mol. The predicted octanol–water partition coefficient (Wildman–Crippen LogP) is 0.276. The summed E-state index contributed by atoms with van der Waals surface area (Å²) in [5.74, 6) is 0.727. The third-order valence-electron chi connectivity index (χ3n) is 3.73. The van der Waals surface area contributed by atoms with Crippen LogP contribution in [0.3, 0.4) is 0 Å². The van der Waals surface area contributed by atoms with E-state index in [9.17, 15) is 5.11 Å². The van der Waals surface area contributed by atoms with Gasteiger partial charge in [-0.3, -0.25) is 9.30 Å². The smallest absolute Gasteiger partial charge is 0.233 e. The first kappa shape index (κ1) is 13.5. The summed E-state index contributed by atoms with van der Waals surface area (Å²) in [7, 11) is 0. The van der Waals surface area contributed by atoms with E-state index in [0.29, 0.717) is 12.6 Å². The van der Waals surface area contributed by atoms with Crippen molar-refractivity contribution in [3.63, 3.8) is 0 Å². The number of aliphatic hydroxyl groups excluding tert-OH is 1. The second kappa shape index (κ2) is 6.30. The molecule has 0 aliphatic carbocycles. The highest BCUT2D eigenvalue weighted by Crippen LogP contribution is 2.10. The Kier molecular flexibility index (Phi) is 4.25. The fourth-order valence-electron chi connectivity index (χ4n) is 2.79. The number of rotatable bonds is 6. The van der Waals surface area contributed by atoms with Gasteiger partial charge in [-0.2, -0.15) is 0 Å². The van der Waals surface area contributed by atoms with Crippen LogP contribution in [0.4, 0.5) is 0 Å². The standard InChI is InChI=1S/C14H21N5O/c20-8-7-18(9-12-3-1-4-15-12)10-13-11-19-6-2-5-16-14(19)17-13/h2,5-6,11-12,15,20H,1,3-4,7-10H2. The highest BCUT2D eigenvalue weighted by Gasteiger charge is 2.18. The Morgan fingerprint density at radius 1 is 1.50 bits per heavy atom. The SMILES string of the molecule is OCCN(Cc1cn2cccnc2n1)CC1CCCN1. The number of aliphatic hydroxyl groups is 1. The van der Waals surface area contributed by atoms with Gasteiger partial charge in [0.2, 0.25) is 5.78 Å². The molecule has 1 saturated heterocycles. The second-order valence-electron chi connectivity index (χ2n) is 5.31. The lowest BCUT2D eigenvalue weighted by atomic mass is 10.2. The first-order valence-corrected chi connectivity index (χ1v) is 7.20. The Morgan fingerprint density at radius 3 is 3.20 bits per heavy atom. The fourth-order valence-corrected chi connectivity index (χ4v) is 2.79. The number of nitrogens with one attached hydrogen (secondary N) is 1. The van der Waals surface area contributed by atoms with Crippen molar-refractivity contribution in [3.05, 3.63) is 30.4 Å². The van der Waals surface area contributed by atoms with Crippen LogP contribution in [0.15, 0.2) is 24.7 Å². The molecule has 2 aromatic rings. The zero-order valence-corrected chi connectivity index (χ0v) is 11.6. The van der Waals surface area contributed by atoms with Crippen molar-refractivity contribution >= 4 is 5.78 Å². The van der Waals surface area contributed by atoms with Crippen molar-refractivity contribution in [1.29, 1.82) is 0 Å². The van der Waals surface area contributed by atoms with E-state index < -0.39 is 0 Å². The summed E-state index contributed by atoms with van der Waals surface area (Å²) in [5, 5.41) is 12.7. The molecule has 0 amide bonds. The van der Waals surface area contributed by atoms with Crippen molar-refractivity contribution in [2.75, 3.05) is 26.2 Å². The molecule has 20 heavy (non-hydrogen) atoms. The summed E-state index contributed by atoms with van der Waals surface area (Å²) < 4.78 is 1.93. The molecule has 6 heteroatoms. The molecule has 0 aromatic carbocycles. The maximum atomic E-state index is 9.23. The van der Waals surface area contributed by atoms with E-state index in [-0.39, 0.29) is 6.61 Å². The highest BCUT2D eigenvalue weighted by atomic mass is 16.3. The maximum absolute atomic E-state index is 9.23. The van der Waals surface area contributed by atoms with E-state index in [1.54, 1.807) is 6.20 Å². The van der Waals surface area contributed by atoms with Crippen molar-refractivity contribution in [2.24, 2.45) is 0 Å². The van der Waals surface area contributed by atoms with Crippen molar-refractivity contribution in [2.45, 2.75) is 25.4 Å². The Balaban J connectivity index is 1.68.